The Morgan fingerprint density at radius 1 is 1.30 bits per heavy atom. The third-order valence-electron chi connectivity index (χ3n) is 5.82. The number of fused-ring (bicyclic) bond motifs is 2. The van der Waals surface area contributed by atoms with E-state index in [-0.39, 0.29) is 12.6 Å². The van der Waals surface area contributed by atoms with Crippen LogP contribution in [0.25, 0.3) is 0 Å². The molecular formula is C21H26N6O2S. The number of nitrogens with two attached hydrogens (primary N) is 1. The zero-order valence-electron chi connectivity index (χ0n) is 17.2. The maximum Gasteiger partial charge on any atom is 0.352 e. The fraction of sp³-hybridized carbons (Fsp3) is 0.476. The highest BCUT2D eigenvalue weighted by atomic mass is 32.2. The van der Waals surface area contributed by atoms with E-state index in [9.17, 15) is 15.2 Å². The van der Waals surface area contributed by atoms with E-state index in [2.05, 4.69) is 20.8 Å². The van der Waals surface area contributed by atoms with Crippen molar-refractivity contribution in [3.05, 3.63) is 39.6 Å². The molecule has 4 N–H and O–H groups in total. The molecule has 4 rings (SSSR count). The van der Waals surface area contributed by atoms with Crippen LogP contribution in [-0.4, -0.2) is 20.9 Å². The van der Waals surface area contributed by atoms with E-state index in [1.54, 1.807) is 10.7 Å². The molecule has 0 saturated heterocycles. The molecule has 1 aromatic heterocycles. The van der Waals surface area contributed by atoms with Crippen LogP contribution in [0.4, 0.5) is 10.5 Å². The summed E-state index contributed by atoms with van der Waals surface area (Å²) < 4.78 is 5.81. The molecule has 158 valence electrons. The van der Waals surface area contributed by atoms with E-state index in [0.29, 0.717) is 10.7 Å². The molecule has 8 nitrogen and oxygen atoms in total. The predicted molar refractivity (Wildman–Crippen MR) is 115 cm³/mol. The Morgan fingerprint density at radius 3 is 2.40 bits per heavy atom. The first-order valence-electron chi connectivity index (χ1n) is 10.2. The van der Waals surface area contributed by atoms with E-state index in [4.69, 9.17) is 5.14 Å². The molecule has 0 saturated carbocycles. The number of aliphatic hydroxyl groups is 1. The van der Waals surface area contributed by atoms with Crippen LogP contribution in [0.2, 0.25) is 0 Å². The van der Waals surface area contributed by atoms with E-state index < -0.39 is 16.9 Å². The number of hydrogen-bond acceptors (Lipinski definition) is 4. The molecule has 1 unspecified atom stereocenters. The molecule has 30 heavy (non-hydrogen) atoms. The maximum absolute atomic E-state index is 12.7. The summed E-state index contributed by atoms with van der Waals surface area (Å²) in [5, 5.41) is 33.2. The van der Waals surface area contributed by atoms with Crippen molar-refractivity contribution in [2.45, 2.75) is 70.0 Å². The number of benzene rings is 1. The predicted octanol–water partition coefficient (Wildman–Crippen LogP) is 3.07. The van der Waals surface area contributed by atoms with Gasteiger partial charge in [0.25, 0.3) is 0 Å². The zero-order chi connectivity index (χ0) is 21.4. The van der Waals surface area contributed by atoms with Gasteiger partial charge in [0.2, 0.25) is 0 Å². The molecule has 2 amide bonds. The van der Waals surface area contributed by atoms with Crippen molar-refractivity contribution in [3.8, 4) is 6.07 Å². The van der Waals surface area contributed by atoms with Crippen molar-refractivity contribution in [1.29, 1.82) is 5.26 Å². The number of nitrogens with zero attached hydrogens (tertiary/aromatic N) is 4. The summed E-state index contributed by atoms with van der Waals surface area (Å²) in [6.45, 7) is 3.76. The lowest BCUT2D eigenvalue weighted by molar-refractivity contribution is 0.260. The first-order chi connectivity index (χ1) is 14.4. The van der Waals surface area contributed by atoms with Crippen LogP contribution in [-0.2, 0) is 43.2 Å². The number of nitrogens with one attached hydrogen (secondary N) is 1. The lowest BCUT2D eigenvalue weighted by Gasteiger charge is -2.17. The summed E-state index contributed by atoms with van der Waals surface area (Å²) in [5.74, 6) is 0. The van der Waals surface area contributed by atoms with Crippen molar-refractivity contribution >= 4 is 22.6 Å². The largest absolute Gasteiger partial charge is 0.390 e. The lowest BCUT2D eigenvalue weighted by atomic mass is 9.93. The topological polar surface area (TPSA) is 129 Å². The van der Waals surface area contributed by atoms with Crippen molar-refractivity contribution < 1.29 is 9.90 Å². The van der Waals surface area contributed by atoms with Gasteiger partial charge in [-0.25, -0.2) is 4.79 Å². The molecule has 9 heteroatoms. The summed E-state index contributed by atoms with van der Waals surface area (Å²) in [5.41, 5.74) is 6.63. The zero-order valence-corrected chi connectivity index (χ0v) is 18.1. The van der Waals surface area contributed by atoms with Gasteiger partial charge >= 0.3 is 6.03 Å². The molecule has 2 aliphatic rings. The minimum atomic E-state index is -1.23. The van der Waals surface area contributed by atoms with Gasteiger partial charge in [0, 0.05) is 22.6 Å². The van der Waals surface area contributed by atoms with Gasteiger partial charge < -0.3 is 10.4 Å². The van der Waals surface area contributed by atoms with Gasteiger partial charge in [0.1, 0.15) is 5.03 Å². The summed E-state index contributed by atoms with van der Waals surface area (Å²) in [6.07, 6.45) is 5.46. The molecule has 0 fully saturated rings. The fourth-order valence-corrected chi connectivity index (χ4v) is 5.33. The SMILES string of the molecule is CC(C)n1nc(S(N)=NC(=O)Nc2c3c(c(C#N)c4c2CCC4)CCC3)cc1CO. The Balaban J connectivity index is 1.65. The molecule has 0 spiro atoms. The number of rotatable bonds is 4. The van der Waals surface area contributed by atoms with Gasteiger partial charge in [-0.15, -0.1) is 4.36 Å². The van der Waals surface area contributed by atoms with Crippen molar-refractivity contribution in [1.82, 2.24) is 9.78 Å². The molecule has 2 aliphatic carbocycles. The highest BCUT2D eigenvalue weighted by Crippen LogP contribution is 2.41. The van der Waals surface area contributed by atoms with Crippen LogP contribution < -0.4 is 10.5 Å². The third kappa shape index (κ3) is 3.55. The maximum atomic E-state index is 12.7. The highest BCUT2D eigenvalue weighted by Gasteiger charge is 2.29. The smallest absolute Gasteiger partial charge is 0.352 e. The Hall–Kier alpha value is -2.54. The Bertz CT molecular complexity index is 1060. The second kappa shape index (κ2) is 8.30. The molecule has 1 atom stereocenters. The van der Waals surface area contributed by atoms with Gasteiger partial charge in [0.15, 0.2) is 0 Å². The number of carbonyl (C=O) groups is 1. The molecule has 2 aromatic rings. The average Bonchev–Trinajstić information content (AvgIpc) is 3.46. The van der Waals surface area contributed by atoms with Crippen LogP contribution >= 0.6 is 0 Å². The van der Waals surface area contributed by atoms with E-state index in [1.807, 2.05) is 13.8 Å². The third-order valence-corrected chi connectivity index (χ3v) is 6.81. The van der Waals surface area contributed by atoms with Gasteiger partial charge in [0.05, 0.1) is 23.9 Å². The summed E-state index contributed by atoms with van der Waals surface area (Å²) in [4.78, 5) is 12.7. The van der Waals surface area contributed by atoms with Crippen LogP contribution in [0.1, 0.15) is 66.2 Å². The highest BCUT2D eigenvalue weighted by molar-refractivity contribution is 7.85. The van der Waals surface area contributed by atoms with Gasteiger partial charge in [-0.2, -0.15) is 10.4 Å². The number of aliphatic hydroxyl groups excluding tert-OH is 1. The van der Waals surface area contributed by atoms with E-state index >= 15 is 0 Å². The van der Waals surface area contributed by atoms with Crippen molar-refractivity contribution in [3.63, 3.8) is 0 Å². The number of aromatic nitrogens is 2. The standard InChI is InChI=1S/C21H26N6O2S/c1-12(2)27-13(11-28)9-19(25-27)30(23)26-21(29)24-20-16-7-3-5-14(16)18(10-22)15-6-4-8-17(15)20/h9,12,28H,3-8,11H2,1-2H3,(H3,23,24,26,29). The summed E-state index contributed by atoms with van der Waals surface area (Å²) in [6, 6.07) is 3.65. The number of urea groups is 1. The molecular weight excluding hydrogens is 400 g/mol. The molecule has 0 aliphatic heterocycles. The minimum absolute atomic E-state index is 0.0653. The lowest BCUT2D eigenvalue weighted by Crippen LogP contribution is -2.16. The first kappa shape index (κ1) is 20.7. The minimum Gasteiger partial charge on any atom is -0.390 e. The Morgan fingerprint density at radius 2 is 1.90 bits per heavy atom. The van der Waals surface area contributed by atoms with Crippen molar-refractivity contribution in [2.75, 3.05) is 5.32 Å². The fourth-order valence-electron chi connectivity index (χ4n) is 4.58. The van der Waals surface area contributed by atoms with E-state index in [0.717, 1.165) is 72.0 Å². The number of hydrogen-bond donors (Lipinski definition) is 3. The molecule has 1 aromatic carbocycles. The van der Waals surface area contributed by atoms with Gasteiger partial charge in [-0.05, 0) is 80.7 Å². The Kier molecular flexibility index (Phi) is 5.73. The average molecular weight is 427 g/mol. The number of nitriles is 1. The van der Waals surface area contributed by atoms with Crippen LogP contribution in [0, 0.1) is 11.3 Å². The van der Waals surface area contributed by atoms with Crippen LogP contribution in [0.3, 0.4) is 0 Å². The Labute approximate surface area is 178 Å². The molecule has 1 heterocycles. The quantitative estimate of drug-likeness (QED) is 0.692. The first-order valence-corrected chi connectivity index (χ1v) is 11.5. The second-order valence-electron chi connectivity index (χ2n) is 7.99. The van der Waals surface area contributed by atoms with Crippen LogP contribution in [0.15, 0.2) is 15.5 Å². The van der Waals surface area contributed by atoms with Gasteiger partial charge in [-0.3, -0.25) is 9.82 Å². The molecule has 0 radical (unpaired) electrons. The number of amides is 2. The number of anilines is 1. The monoisotopic (exact) mass is 426 g/mol. The normalized spacial score (nSPS) is 15.9. The molecule has 0 bridgehead atoms. The van der Waals surface area contributed by atoms with Crippen molar-refractivity contribution in [2.24, 2.45) is 9.50 Å². The van der Waals surface area contributed by atoms with E-state index in [1.165, 1.54) is 0 Å². The van der Waals surface area contributed by atoms with Crippen LogP contribution in [0.5, 0.6) is 0 Å². The summed E-state index contributed by atoms with van der Waals surface area (Å²) >= 11 is 0. The summed E-state index contributed by atoms with van der Waals surface area (Å²) in [7, 11) is -1.23. The number of carbonyl (C=O) groups excluding carboxylic acids is 1. The second-order valence-corrected chi connectivity index (χ2v) is 9.22. The van der Waals surface area contributed by atoms with Gasteiger partial charge in [-0.1, -0.05) is 0 Å².